The monoisotopic (exact) mass is 523 g/mol. The van der Waals surface area contributed by atoms with Gasteiger partial charge in [0.05, 0.1) is 0 Å². The van der Waals surface area contributed by atoms with Crippen molar-refractivity contribution in [3.8, 4) is 0 Å². The minimum atomic E-state index is -2.41. The molecule has 4 nitrogen and oxygen atoms in total. The predicted molar refractivity (Wildman–Crippen MR) is 137 cm³/mol. The van der Waals surface area contributed by atoms with Crippen molar-refractivity contribution in [3.05, 3.63) is 60.7 Å². The Balaban J connectivity index is 0.00000300. The fourth-order valence-corrected chi connectivity index (χ4v) is 8.52. The first-order chi connectivity index (χ1) is 13.5. The smallest absolute Gasteiger partial charge is 0.261 e. The van der Waals surface area contributed by atoms with Crippen LogP contribution in [0.15, 0.2) is 65.7 Å². The van der Waals surface area contributed by atoms with Crippen molar-refractivity contribution in [3.63, 3.8) is 0 Å². The highest BCUT2D eigenvalue weighted by molar-refractivity contribution is 14.0. The molecule has 2 aromatic carbocycles. The average molecular weight is 524 g/mol. The molecule has 0 atom stereocenters. The lowest BCUT2D eigenvalue weighted by Gasteiger charge is -2.43. The van der Waals surface area contributed by atoms with E-state index in [-0.39, 0.29) is 29.0 Å². The van der Waals surface area contributed by atoms with Gasteiger partial charge in [0.1, 0.15) is 0 Å². The second kappa shape index (κ2) is 11.1. The van der Waals surface area contributed by atoms with Gasteiger partial charge in [0.25, 0.3) is 8.32 Å². The summed E-state index contributed by atoms with van der Waals surface area (Å²) in [6, 6.07) is 21.6. The number of hydrogen-bond acceptors (Lipinski definition) is 4. The molecule has 0 radical (unpaired) electrons. The van der Waals surface area contributed by atoms with Gasteiger partial charge >= 0.3 is 0 Å². The van der Waals surface area contributed by atoms with Crippen LogP contribution in [0, 0.1) is 0 Å². The summed E-state index contributed by atoms with van der Waals surface area (Å²) in [5, 5.41) is 9.40. The summed E-state index contributed by atoms with van der Waals surface area (Å²) in [6.45, 7) is 10.5. The first-order valence-corrected chi connectivity index (χ1v) is 12.2. The van der Waals surface area contributed by atoms with Crippen molar-refractivity contribution in [2.24, 2.45) is 4.99 Å². The molecule has 1 aliphatic heterocycles. The Morgan fingerprint density at radius 1 is 1.00 bits per heavy atom. The summed E-state index contributed by atoms with van der Waals surface area (Å²) in [5.41, 5.74) is 0. The van der Waals surface area contributed by atoms with E-state index >= 15 is 0 Å². The summed E-state index contributed by atoms with van der Waals surface area (Å²) < 4.78 is 6.89. The maximum atomic E-state index is 6.89. The van der Waals surface area contributed by atoms with Crippen LogP contribution < -0.4 is 21.0 Å². The van der Waals surface area contributed by atoms with Gasteiger partial charge in [0, 0.05) is 26.2 Å². The number of hydrogen-bond donors (Lipinski definition) is 2. The Morgan fingerprint density at radius 3 is 2.07 bits per heavy atom. The summed E-state index contributed by atoms with van der Waals surface area (Å²) >= 11 is 0. The number of benzene rings is 2. The molecule has 0 aromatic heterocycles. The van der Waals surface area contributed by atoms with Crippen molar-refractivity contribution in [1.29, 1.82) is 0 Å². The molecular formula is C23H34IN3OSi. The number of aliphatic imine (C=N–C) groups is 1. The number of nitrogens with zero attached hydrogens (tertiary/aromatic N) is 1. The van der Waals surface area contributed by atoms with Crippen molar-refractivity contribution in [2.75, 3.05) is 26.2 Å². The minimum absolute atomic E-state index is 0. The number of halogens is 1. The van der Waals surface area contributed by atoms with Gasteiger partial charge in [-0.25, -0.2) is 0 Å². The summed E-state index contributed by atoms with van der Waals surface area (Å²) in [5.74, 6) is 0.927. The van der Waals surface area contributed by atoms with Gasteiger partial charge in [-0.2, -0.15) is 0 Å². The third-order valence-electron chi connectivity index (χ3n) is 5.25. The molecule has 0 saturated carbocycles. The van der Waals surface area contributed by atoms with E-state index in [2.05, 4.69) is 97.1 Å². The van der Waals surface area contributed by atoms with E-state index < -0.39 is 8.32 Å². The minimum Gasteiger partial charge on any atom is -0.407 e. The molecule has 0 aliphatic carbocycles. The summed E-state index contributed by atoms with van der Waals surface area (Å²) in [4.78, 5) is 4.47. The van der Waals surface area contributed by atoms with E-state index in [9.17, 15) is 0 Å². The van der Waals surface area contributed by atoms with Crippen LogP contribution in [0.5, 0.6) is 0 Å². The second-order valence-electron chi connectivity index (χ2n) is 8.30. The van der Waals surface area contributed by atoms with E-state index in [1.807, 2.05) is 0 Å². The second-order valence-corrected chi connectivity index (χ2v) is 12.6. The van der Waals surface area contributed by atoms with Gasteiger partial charge < -0.3 is 15.1 Å². The van der Waals surface area contributed by atoms with Crippen molar-refractivity contribution in [1.82, 2.24) is 10.6 Å². The van der Waals surface area contributed by atoms with Crippen molar-refractivity contribution < 1.29 is 4.43 Å². The van der Waals surface area contributed by atoms with Gasteiger partial charge in [-0.3, -0.25) is 4.99 Å². The molecule has 0 bridgehead atoms. The Hall–Kier alpha value is -1.38. The molecule has 0 amide bonds. The van der Waals surface area contributed by atoms with E-state index in [0.29, 0.717) is 0 Å². The Kier molecular flexibility index (Phi) is 9.17. The highest BCUT2D eigenvalue weighted by Crippen LogP contribution is 2.36. The number of guanidine groups is 1. The molecule has 2 aromatic rings. The number of nitrogens with one attached hydrogen (secondary N) is 2. The molecule has 6 heteroatoms. The molecule has 3 rings (SSSR count). The van der Waals surface area contributed by atoms with Gasteiger partial charge in [0.15, 0.2) is 5.96 Å². The highest BCUT2D eigenvalue weighted by atomic mass is 127. The largest absolute Gasteiger partial charge is 0.407 e. The quantitative estimate of drug-likeness (QED) is 0.332. The molecular weight excluding hydrogens is 489 g/mol. The van der Waals surface area contributed by atoms with E-state index in [1.54, 1.807) is 0 Å². The molecule has 2 N–H and O–H groups in total. The molecule has 1 aliphatic rings. The zero-order chi connectivity index (χ0) is 19.9. The maximum Gasteiger partial charge on any atom is 0.261 e. The van der Waals surface area contributed by atoms with Crippen LogP contribution in [0.2, 0.25) is 5.04 Å². The first-order valence-electron chi connectivity index (χ1n) is 10.3. The standard InChI is InChI=1S/C23H33N3OSi.HI/c1-23(2,3)28(20-12-6-4-7-13-20,21-14-8-5-9-15-21)27-19-11-18-26-22-24-16-10-17-25-22;/h4-9,12-15H,10-11,16-19H2,1-3H3,(H2,24,25,26);1H. The van der Waals surface area contributed by atoms with E-state index in [1.165, 1.54) is 10.4 Å². The fraction of sp³-hybridized carbons (Fsp3) is 0.435. The van der Waals surface area contributed by atoms with Crippen LogP contribution in [-0.4, -0.2) is 40.5 Å². The Labute approximate surface area is 193 Å². The molecule has 0 spiro atoms. The first kappa shape index (κ1) is 23.9. The fourth-order valence-electron chi connectivity index (χ4n) is 3.92. The predicted octanol–water partition coefficient (Wildman–Crippen LogP) is 3.51. The van der Waals surface area contributed by atoms with Gasteiger partial charge in [-0.05, 0) is 28.3 Å². The van der Waals surface area contributed by atoms with Crippen LogP contribution in [0.1, 0.15) is 33.6 Å². The molecule has 1 heterocycles. The topological polar surface area (TPSA) is 45.6 Å². The molecule has 0 fully saturated rings. The molecule has 29 heavy (non-hydrogen) atoms. The lowest BCUT2D eigenvalue weighted by molar-refractivity contribution is 0.292. The van der Waals surface area contributed by atoms with E-state index in [4.69, 9.17) is 4.43 Å². The normalized spacial score (nSPS) is 14.4. The average Bonchev–Trinajstić information content (AvgIpc) is 2.72. The van der Waals surface area contributed by atoms with Gasteiger partial charge in [-0.15, -0.1) is 24.0 Å². The molecule has 0 unspecified atom stereocenters. The Morgan fingerprint density at radius 2 is 1.59 bits per heavy atom. The van der Waals surface area contributed by atoms with E-state index in [0.717, 1.165) is 45.0 Å². The van der Waals surface area contributed by atoms with Crippen molar-refractivity contribution >= 4 is 48.6 Å². The SMILES string of the molecule is CC(C)(C)[Si](OCCCNC1=NCCCN1)(c1ccccc1)c1ccccc1.I. The maximum absolute atomic E-state index is 6.89. The van der Waals surface area contributed by atoms with Gasteiger partial charge in [-0.1, -0.05) is 81.4 Å². The highest BCUT2D eigenvalue weighted by Gasteiger charge is 2.49. The lowest BCUT2D eigenvalue weighted by Crippen LogP contribution is -2.66. The zero-order valence-corrected chi connectivity index (χ0v) is 21.1. The van der Waals surface area contributed by atoms with Crippen LogP contribution >= 0.6 is 24.0 Å². The summed E-state index contributed by atoms with van der Waals surface area (Å²) in [7, 11) is -2.41. The zero-order valence-electron chi connectivity index (χ0n) is 17.8. The van der Waals surface area contributed by atoms with Crippen LogP contribution in [0.25, 0.3) is 0 Å². The third-order valence-corrected chi connectivity index (χ3v) is 10.3. The number of rotatable bonds is 7. The molecule has 0 saturated heterocycles. The van der Waals surface area contributed by atoms with Crippen LogP contribution in [-0.2, 0) is 4.43 Å². The third kappa shape index (κ3) is 5.83. The van der Waals surface area contributed by atoms with Crippen LogP contribution in [0.4, 0.5) is 0 Å². The molecule has 158 valence electrons. The van der Waals surface area contributed by atoms with Crippen molar-refractivity contribution in [2.45, 2.75) is 38.7 Å². The lowest BCUT2D eigenvalue weighted by atomic mass is 10.2. The Bertz CT molecular complexity index is 723. The summed E-state index contributed by atoms with van der Waals surface area (Å²) in [6.07, 6.45) is 2.06. The van der Waals surface area contributed by atoms with Crippen LogP contribution in [0.3, 0.4) is 0 Å². The van der Waals surface area contributed by atoms with Gasteiger partial charge in [0.2, 0.25) is 0 Å².